The molecular weight excluding hydrogens is 286 g/mol. The molecule has 1 aromatic heterocycles. The zero-order valence-electron chi connectivity index (χ0n) is 14.1. The number of aryl methyl sites for hydroxylation is 1. The SMILES string of the molecule is CC(C)(C)c1ccc(/C=C/C(=O)NCCCn2ccnc2)cc1. The van der Waals surface area contributed by atoms with Crippen molar-refractivity contribution >= 4 is 12.0 Å². The van der Waals surface area contributed by atoms with E-state index in [0.717, 1.165) is 18.5 Å². The highest BCUT2D eigenvalue weighted by molar-refractivity contribution is 5.91. The summed E-state index contributed by atoms with van der Waals surface area (Å²) in [5.41, 5.74) is 2.47. The number of benzene rings is 1. The molecule has 0 bridgehead atoms. The van der Waals surface area contributed by atoms with Gasteiger partial charge >= 0.3 is 0 Å². The van der Waals surface area contributed by atoms with E-state index in [1.165, 1.54) is 5.56 Å². The van der Waals surface area contributed by atoms with E-state index in [-0.39, 0.29) is 11.3 Å². The van der Waals surface area contributed by atoms with Gasteiger partial charge in [-0.25, -0.2) is 4.98 Å². The van der Waals surface area contributed by atoms with Gasteiger partial charge in [-0.15, -0.1) is 0 Å². The topological polar surface area (TPSA) is 46.9 Å². The summed E-state index contributed by atoms with van der Waals surface area (Å²) in [7, 11) is 0. The molecule has 0 radical (unpaired) electrons. The Morgan fingerprint density at radius 1 is 1.26 bits per heavy atom. The molecule has 1 amide bonds. The molecule has 1 heterocycles. The van der Waals surface area contributed by atoms with Crippen molar-refractivity contribution in [3.8, 4) is 0 Å². The summed E-state index contributed by atoms with van der Waals surface area (Å²) in [6, 6.07) is 8.32. The number of nitrogens with zero attached hydrogens (tertiary/aromatic N) is 2. The number of aromatic nitrogens is 2. The highest BCUT2D eigenvalue weighted by Crippen LogP contribution is 2.22. The maximum absolute atomic E-state index is 11.8. The van der Waals surface area contributed by atoms with E-state index >= 15 is 0 Å². The number of nitrogens with one attached hydrogen (secondary N) is 1. The third-order valence-corrected chi connectivity index (χ3v) is 3.66. The zero-order valence-corrected chi connectivity index (χ0v) is 14.1. The van der Waals surface area contributed by atoms with Crippen LogP contribution in [0.5, 0.6) is 0 Å². The second kappa shape index (κ2) is 7.77. The molecule has 0 atom stereocenters. The summed E-state index contributed by atoms with van der Waals surface area (Å²) in [5.74, 6) is -0.0597. The molecule has 4 nitrogen and oxygen atoms in total. The van der Waals surface area contributed by atoms with Gasteiger partial charge in [-0.3, -0.25) is 4.79 Å². The summed E-state index contributed by atoms with van der Waals surface area (Å²) in [5, 5.41) is 2.89. The number of hydrogen-bond donors (Lipinski definition) is 1. The van der Waals surface area contributed by atoms with E-state index in [2.05, 4.69) is 43.2 Å². The molecule has 0 aliphatic rings. The van der Waals surface area contributed by atoms with Crippen LogP contribution in [-0.2, 0) is 16.8 Å². The lowest BCUT2D eigenvalue weighted by Crippen LogP contribution is -2.22. The number of rotatable bonds is 6. The predicted molar refractivity (Wildman–Crippen MR) is 94.0 cm³/mol. The molecule has 2 rings (SSSR count). The summed E-state index contributed by atoms with van der Waals surface area (Å²) >= 11 is 0. The first-order chi connectivity index (χ1) is 10.9. The molecule has 23 heavy (non-hydrogen) atoms. The van der Waals surface area contributed by atoms with Crippen LogP contribution in [0, 0.1) is 0 Å². The van der Waals surface area contributed by atoms with Gasteiger partial charge in [0.15, 0.2) is 0 Å². The van der Waals surface area contributed by atoms with Crippen LogP contribution in [0.3, 0.4) is 0 Å². The smallest absolute Gasteiger partial charge is 0.244 e. The quantitative estimate of drug-likeness (QED) is 0.656. The number of carbonyl (C=O) groups excluding carboxylic acids is 1. The maximum atomic E-state index is 11.8. The summed E-state index contributed by atoms with van der Waals surface area (Å²) in [4.78, 5) is 15.8. The molecule has 0 unspecified atom stereocenters. The van der Waals surface area contributed by atoms with Crippen molar-refractivity contribution in [2.24, 2.45) is 0 Å². The van der Waals surface area contributed by atoms with E-state index in [1.54, 1.807) is 18.6 Å². The first kappa shape index (κ1) is 17.0. The second-order valence-corrected chi connectivity index (χ2v) is 6.65. The molecular formula is C19H25N3O. The Bertz CT molecular complexity index is 634. The lowest BCUT2D eigenvalue weighted by atomic mass is 9.87. The predicted octanol–water partition coefficient (Wildman–Crippen LogP) is 3.40. The Morgan fingerprint density at radius 2 is 2.00 bits per heavy atom. The number of amides is 1. The van der Waals surface area contributed by atoms with Crippen molar-refractivity contribution in [1.29, 1.82) is 0 Å². The third kappa shape index (κ3) is 5.74. The average molecular weight is 311 g/mol. The fourth-order valence-corrected chi connectivity index (χ4v) is 2.22. The minimum atomic E-state index is -0.0597. The molecule has 0 saturated carbocycles. The molecule has 1 aromatic carbocycles. The number of carbonyl (C=O) groups is 1. The van der Waals surface area contributed by atoms with Gasteiger partial charge in [0, 0.05) is 31.6 Å². The van der Waals surface area contributed by atoms with Crippen LogP contribution in [0.4, 0.5) is 0 Å². The highest BCUT2D eigenvalue weighted by Gasteiger charge is 2.12. The minimum absolute atomic E-state index is 0.0597. The highest BCUT2D eigenvalue weighted by atomic mass is 16.1. The normalized spacial score (nSPS) is 11.8. The molecule has 0 saturated heterocycles. The van der Waals surface area contributed by atoms with Gasteiger partial charge in [-0.05, 0) is 29.0 Å². The molecule has 0 aliphatic heterocycles. The van der Waals surface area contributed by atoms with Gasteiger partial charge in [0.05, 0.1) is 6.33 Å². The average Bonchev–Trinajstić information content (AvgIpc) is 3.02. The number of hydrogen-bond acceptors (Lipinski definition) is 2. The van der Waals surface area contributed by atoms with Crippen molar-refractivity contribution in [2.75, 3.05) is 6.54 Å². The van der Waals surface area contributed by atoms with E-state index in [9.17, 15) is 4.79 Å². The van der Waals surface area contributed by atoms with Gasteiger partial charge in [-0.2, -0.15) is 0 Å². The van der Waals surface area contributed by atoms with Crippen molar-refractivity contribution in [3.63, 3.8) is 0 Å². The molecule has 0 fully saturated rings. The Balaban J connectivity index is 1.75. The fourth-order valence-electron chi connectivity index (χ4n) is 2.22. The van der Waals surface area contributed by atoms with Crippen LogP contribution in [0.2, 0.25) is 0 Å². The van der Waals surface area contributed by atoms with Crippen LogP contribution in [0.25, 0.3) is 6.08 Å². The largest absolute Gasteiger partial charge is 0.352 e. The van der Waals surface area contributed by atoms with Gasteiger partial charge < -0.3 is 9.88 Å². The Kier molecular flexibility index (Phi) is 5.74. The summed E-state index contributed by atoms with van der Waals surface area (Å²) < 4.78 is 2.00. The third-order valence-electron chi connectivity index (χ3n) is 3.66. The molecule has 0 spiro atoms. The Morgan fingerprint density at radius 3 is 2.61 bits per heavy atom. The molecule has 4 heteroatoms. The van der Waals surface area contributed by atoms with Gasteiger partial charge in [0.1, 0.15) is 0 Å². The van der Waals surface area contributed by atoms with Crippen molar-refractivity contribution < 1.29 is 4.79 Å². The van der Waals surface area contributed by atoms with Gasteiger partial charge in [0.2, 0.25) is 5.91 Å². The lowest BCUT2D eigenvalue weighted by molar-refractivity contribution is -0.116. The van der Waals surface area contributed by atoms with Gasteiger partial charge in [0.25, 0.3) is 0 Å². The van der Waals surface area contributed by atoms with E-state index in [1.807, 2.05) is 29.0 Å². The Labute approximate surface area is 138 Å². The van der Waals surface area contributed by atoms with Gasteiger partial charge in [-0.1, -0.05) is 45.0 Å². The lowest BCUT2D eigenvalue weighted by Gasteiger charge is -2.18. The van der Waals surface area contributed by atoms with E-state index in [4.69, 9.17) is 0 Å². The van der Waals surface area contributed by atoms with Crippen LogP contribution in [-0.4, -0.2) is 22.0 Å². The van der Waals surface area contributed by atoms with Crippen LogP contribution in [0.1, 0.15) is 38.3 Å². The minimum Gasteiger partial charge on any atom is -0.352 e. The monoisotopic (exact) mass is 311 g/mol. The summed E-state index contributed by atoms with van der Waals surface area (Å²) in [6.07, 6.45) is 9.77. The van der Waals surface area contributed by atoms with Crippen molar-refractivity contribution in [3.05, 3.63) is 60.2 Å². The van der Waals surface area contributed by atoms with Crippen LogP contribution < -0.4 is 5.32 Å². The zero-order chi connectivity index (χ0) is 16.7. The number of imidazole rings is 1. The first-order valence-electron chi connectivity index (χ1n) is 7.97. The second-order valence-electron chi connectivity index (χ2n) is 6.65. The van der Waals surface area contributed by atoms with E-state index < -0.39 is 0 Å². The van der Waals surface area contributed by atoms with Crippen molar-refractivity contribution in [1.82, 2.24) is 14.9 Å². The molecule has 122 valence electrons. The summed E-state index contributed by atoms with van der Waals surface area (Å²) in [6.45, 7) is 8.09. The maximum Gasteiger partial charge on any atom is 0.244 e. The van der Waals surface area contributed by atoms with Crippen molar-refractivity contribution in [2.45, 2.75) is 39.2 Å². The molecule has 1 N–H and O–H groups in total. The van der Waals surface area contributed by atoms with E-state index in [0.29, 0.717) is 6.54 Å². The fraction of sp³-hybridized carbons (Fsp3) is 0.368. The van der Waals surface area contributed by atoms with Crippen LogP contribution >= 0.6 is 0 Å². The first-order valence-corrected chi connectivity index (χ1v) is 7.97. The van der Waals surface area contributed by atoms with Crippen LogP contribution in [0.15, 0.2) is 49.1 Å². The molecule has 0 aliphatic carbocycles. The molecule has 2 aromatic rings. The Hall–Kier alpha value is -2.36. The standard InChI is InChI=1S/C19H25N3O/c1-19(2,3)17-8-5-16(6-9-17)7-10-18(23)21-11-4-13-22-14-12-20-15-22/h5-10,12,14-15H,4,11,13H2,1-3H3,(H,21,23)/b10-7+.